The number of hydrogen-bond donors (Lipinski definition) is 2. The standard InChI is InChI=1S/C16H16BrN3/c17-12-8-9-14-15(11-12)20-16(19-14)7-4-10-18-13-5-2-1-3-6-13/h1-3,5-6,8-9,11,18H,4,7,10H2,(H,19,20). The highest BCUT2D eigenvalue weighted by atomic mass is 79.9. The molecule has 4 heteroatoms. The molecule has 0 aliphatic heterocycles. The molecule has 0 amide bonds. The highest BCUT2D eigenvalue weighted by molar-refractivity contribution is 9.10. The second-order valence-corrected chi connectivity index (χ2v) is 5.66. The maximum Gasteiger partial charge on any atom is 0.107 e. The van der Waals surface area contributed by atoms with Crippen LogP contribution in [-0.4, -0.2) is 16.5 Å². The zero-order valence-electron chi connectivity index (χ0n) is 11.1. The number of H-pyrrole nitrogens is 1. The van der Waals surface area contributed by atoms with Crippen LogP contribution in [-0.2, 0) is 6.42 Å². The summed E-state index contributed by atoms with van der Waals surface area (Å²) in [5.74, 6) is 1.05. The maximum absolute atomic E-state index is 4.59. The number of aryl methyl sites for hydroxylation is 1. The lowest BCUT2D eigenvalue weighted by Gasteiger charge is -2.04. The topological polar surface area (TPSA) is 40.7 Å². The van der Waals surface area contributed by atoms with Crippen LogP contribution in [0, 0.1) is 0 Å². The van der Waals surface area contributed by atoms with E-state index in [0.29, 0.717) is 0 Å². The van der Waals surface area contributed by atoms with Gasteiger partial charge >= 0.3 is 0 Å². The van der Waals surface area contributed by atoms with Crippen molar-refractivity contribution in [2.24, 2.45) is 0 Å². The van der Waals surface area contributed by atoms with Crippen LogP contribution >= 0.6 is 15.9 Å². The second kappa shape index (κ2) is 6.09. The number of para-hydroxylation sites is 1. The summed E-state index contributed by atoms with van der Waals surface area (Å²) >= 11 is 3.47. The summed E-state index contributed by atoms with van der Waals surface area (Å²) in [6, 6.07) is 16.4. The van der Waals surface area contributed by atoms with Gasteiger partial charge in [0.1, 0.15) is 5.82 Å². The van der Waals surface area contributed by atoms with E-state index in [9.17, 15) is 0 Å². The molecule has 0 spiro atoms. The van der Waals surface area contributed by atoms with Gasteiger partial charge in [0.15, 0.2) is 0 Å². The van der Waals surface area contributed by atoms with Crippen molar-refractivity contribution in [3.05, 3.63) is 58.8 Å². The van der Waals surface area contributed by atoms with Gasteiger partial charge in [-0.15, -0.1) is 0 Å². The van der Waals surface area contributed by atoms with Gasteiger partial charge in [-0.05, 0) is 36.8 Å². The number of anilines is 1. The molecule has 102 valence electrons. The molecular formula is C16H16BrN3. The molecule has 0 unspecified atom stereocenters. The number of fused-ring (bicyclic) bond motifs is 1. The van der Waals surface area contributed by atoms with Gasteiger partial charge in [0.05, 0.1) is 11.0 Å². The lowest BCUT2D eigenvalue weighted by Crippen LogP contribution is -2.03. The van der Waals surface area contributed by atoms with Crippen LogP contribution < -0.4 is 5.32 Å². The predicted octanol–water partition coefficient (Wildman–Crippen LogP) is 4.37. The van der Waals surface area contributed by atoms with Gasteiger partial charge in [-0.2, -0.15) is 0 Å². The third-order valence-electron chi connectivity index (χ3n) is 3.19. The van der Waals surface area contributed by atoms with Crippen molar-refractivity contribution >= 4 is 32.7 Å². The number of imidazole rings is 1. The van der Waals surface area contributed by atoms with Crippen molar-refractivity contribution in [2.45, 2.75) is 12.8 Å². The van der Waals surface area contributed by atoms with Crippen LogP contribution in [0.5, 0.6) is 0 Å². The van der Waals surface area contributed by atoms with Crippen LogP contribution in [0.1, 0.15) is 12.2 Å². The average molecular weight is 330 g/mol. The molecule has 3 rings (SSSR count). The molecule has 3 nitrogen and oxygen atoms in total. The minimum atomic E-state index is 0.949. The molecule has 20 heavy (non-hydrogen) atoms. The summed E-state index contributed by atoms with van der Waals surface area (Å²) in [4.78, 5) is 7.96. The summed E-state index contributed by atoms with van der Waals surface area (Å²) in [5.41, 5.74) is 3.28. The molecule has 2 aromatic carbocycles. The van der Waals surface area contributed by atoms with Gasteiger partial charge in [-0.25, -0.2) is 4.98 Å². The van der Waals surface area contributed by atoms with Gasteiger partial charge in [-0.1, -0.05) is 34.1 Å². The van der Waals surface area contributed by atoms with Crippen LogP contribution in [0.15, 0.2) is 53.0 Å². The Morgan fingerprint density at radius 2 is 1.95 bits per heavy atom. The number of aromatic nitrogens is 2. The molecule has 2 N–H and O–H groups in total. The highest BCUT2D eigenvalue weighted by Crippen LogP contribution is 2.18. The van der Waals surface area contributed by atoms with Crippen LogP contribution in [0.3, 0.4) is 0 Å². The monoisotopic (exact) mass is 329 g/mol. The lowest BCUT2D eigenvalue weighted by atomic mass is 10.2. The van der Waals surface area contributed by atoms with E-state index >= 15 is 0 Å². The van der Waals surface area contributed by atoms with Gasteiger partial charge < -0.3 is 10.3 Å². The Kier molecular flexibility index (Phi) is 4.02. The fraction of sp³-hybridized carbons (Fsp3) is 0.188. The minimum absolute atomic E-state index is 0.949. The molecule has 1 aromatic heterocycles. The maximum atomic E-state index is 4.59. The van der Waals surface area contributed by atoms with Crippen molar-refractivity contribution in [1.29, 1.82) is 0 Å². The molecule has 0 saturated carbocycles. The Hall–Kier alpha value is -1.81. The predicted molar refractivity (Wildman–Crippen MR) is 87.0 cm³/mol. The number of nitrogens with one attached hydrogen (secondary N) is 2. The van der Waals surface area contributed by atoms with Crippen LogP contribution in [0.25, 0.3) is 11.0 Å². The van der Waals surface area contributed by atoms with Crippen LogP contribution in [0.2, 0.25) is 0 Å². The summed E-state index contributed by atoms with van der Waals surface area (Å²) in [7, 11) is 0. The largest absolute Gasteiger partial charge is 0.385 e. The molecule has 0 fully saturated rings. The average Bonchev–Trinajstić information content (AvgIpc) is 2.86. The van der Waals surface area contributed by atoms with E-state index in [4.69, 9.17) is 0 Å². The summed E-state index contributed by atoms with van der Waals surface area (Å²) in [5, 5.41) is 3.41. The quantitative estimate of drug-likeness (QED) is 0.682. The smallest absolute Gasteiger partial charge is 0.107 e. The third kappa shape index (κ3) is 3.20. The zero-order chi connectivity index (χ0) is 13.8. The lowest BCUT2D eigenvalue weighted by molar-refractivity contribution is 0.820. The Labute approximate surface area is 126 Å². The van der Waals surface area contributed by atoms with Gasteiger partial charge in [-0.3, -0.25) is 0 Å². The molecule has 0 aliphatic carbocycles. The Bertz CT molecular complexity index is 691. The minimum Gasteiger partial charge on any atom is -0.385 e. The van der Waals surface area contributed by atoms with E-state index in [0.717, 1.165) is 40.7 Å². The molecule has 3 aromatic rings. The Morgan fingerprint density at radius 3 is 2.80 bits per heavy atom. The summed E-state index contributed by atoms with van der Waals surface area (Å²) < 4.78 is 1.07. The first-order valence-electron chi connectivity index (χ1n) is 6.74. The summed E-state index contributed by atoms with van der Waals surface area (Å²) in [6.07, 6.45) is 2.00. The SMILES string of the molecule is Brc1ccc2nc(CCCNc3ccccc3)[nH]c2c1. The van der Waals surface area contributed by atoms with E-state index < -0.39 is 0 Å². The van der Waals surface area contributed by atoms with Gasteiger partial charge in [0, 0.05) is 23.1 Å². The highest BCUT2D eigenvalue weighted by Gasteiger charge is 2.02. The van der Waals surface area contributed by atoms with Crippen molar-refractivity contribution in [3.63, 3.8) is 0 Å². The number of benzene rings is 2. The normalized spacial score (nSPS) is 10.8. The number of nitrogens with zero attached hydrogens (tertiary/aromatic N) is 1. The number of hydrogen-bond acceptors (Lipinski definition) is 2. The Morgan fingerprint density at radius 1 is 1.10 bits per heavy atom. The molecule has 0 bridgehead atoms. The Balaban J connectivity index is 1.55. The number of halogens is 1. The van der Waals surface area contributed by atoms with Crippen molar-refractivity contribution in [3.8, 4) is 0 Å². The van der Waals surface area contributed by atoms with Gasteiger partial charge in [0.25, 0.3) is 0 Å². The summed E-state index contributed by atoms with van der Waals surface area (Å²) in [6.45, 7) is 0.949. The first kappa shape index (κ1) is 13.2. The fourth-order valence-corrected chi connectivity index (χ4v) is 2.56. The molecular weight excluding hydrogens is 314 g/mol. The molecule has 0 saturated heterocycles. The van der Waals surface area contributed by atoms with E-state index in [1.165, 1.54) is 5.69 Å². The van der Waals surface area contributed by atoms with E-state index in [1.54, 1.807) is 0 Å². The number of aromatic amines is 1. The first-order chi connectivity index (χ1) is 9.81. The van der Waals surface area contributed by atoms with Crippen molar-refractivity contribution in [1.82, 2.24) is 9.97 Å². The number of rotatable bonds is 5. The molecule has 1 heterocycles. The van der Waals surface area contributed by atoms with Gasteiger partial charge in [0.2, 0.25) is 0 Å². The van der Waals surface area contributed by atoms with E-state index in [1.807, 2.05) is 30.3 Å². The molecule has 0 atom stereocenters. The first-order valence-corrected chi connectivity index (χ1v) is 7.54. The third-order valence-corrected chi connectivity index (χ3v) is 3.68. The second-order valence-electron chi connectivity index (χ2n) is 4.74. The van der Waals surface area contributed by atoms with Crippen molar-refractivity contribution in [2.75, 3.05) is 11.9 Å². The molecule has 0 aliphatic rings. The fourth-order valence-electron chi connectivity index (χ4n) is 2.20. The van der Waals surface area contributed by atoms with E-state index in [-0.39, 0.29) is 0 Å². The zero-order valence-corrected chi connectivity index (χ0v) is 12.7. The van der Waals surface area contributed by atoms with Crippen LogP contribution in [0.4, 0.5) is 5.69 Å². The van der Waals surface area contributed by atoms with E-state index in [2.05, 4.69) is 49.4 Å². The molecule has 0 radical (unpaired) electrons. The van der Waals surface area contributed by atoms with Crippen molar-refractivity contribution < 1.29 is 0 Å².